The number of morpholine rings is 1. The summed E-state index contributed by atoms with van der Waals surface area (Å²) in [7, 11) is 3.43. The Morgan fingerprint density at radius 3 is 2.70 bits per heavy atom. The third-order valence-electron chi connectivity index (χ3n) is 6.79. The van der Waals surface area contributed by atoms with Gasteiger partial charge < -0.3 is 24.4 Å². The molecule has 1 aromatic carbocycles. The van der Waals surface area contributed by atoms with Crippen LogP contribution >= 0.6 is 24.0 Å². The smallest absolute Gasteiger partial charge is 0.194 e. The molecule has 0 aliphatic carbocycles. The topological polar surface area (TPSA) is 61.8 Å². The first-order valence-corrected chi connectivity index (χ1v) is 12.0. The van der Waals surface area contributed by atoms with E-state index in [0.717, 1.165) is 82.0 Å². The van der Waals surface area contributed by atoms with Crippen molar-refractivity contribution >= 4 is 29.9 Å². The van der Waals surface area contributed by atoms with E-state index in [1.807, 2.05) is 12.1 Å². The van der Waals surface area contributed by atoms with Crippen LogP contribution in [0.15, 0.2) is 23.2 Å². The van der Waals surface area contributed by atoms with Crippen LogP contribution < -0.4 is 14.8 Å². The molecule has 8 nitrogen and oxygen atoms in total. The molecule has 0 saturated carbocycles. The van der Waals surface area contributed by atoms with E-state index in [9.17, 15) is 0 Å². The number of fused-ring (bicyclic) bond motifs is 1. The van der Waals surface area contributed by atoms with Crippen LogP contribution in [0.4, 0.5) is 0 Å². The van der Waals surface area contributed by atoms with Crippen LogP contribution in [0.25, 0.3) is 0 Å². The highest BCUT2D eigenvalue weighted by atomic mass is 127. The van der Waals surface area contributed by atoms with Gasteiger partial charge in [-0.3, -0.25) is 14.8 Å². The molecule has 2 unspecified atom stereocenters. The van der Waals surface area contributed by atoms with E-state index in [2.05, 4.69) is 33.0 Å². The summed E-state index contributed by atoms with van der Waals surface area (Å²) >= 11 is 0. The number of aliphatic imine (C=N–C) groups is 1. The third kappa shape index (κ3) is 6.86. The molecule has 0 radical (unpaired) electrons. The van der Waals surface area contributed by atoms with E-state index in [1.165, 1.54) is 19.4 Å². The Morgan fingerprint density at radius 1 is 1.15 bits per heavy atom. The molecule has 1 aromatic rings. The average molecular weight is 574 g/mol. The molecule has 3 saturated heterocycles. The fourth-order valence-corrected chi connectivity index (χ4v) is 4.97. The van der Waals surface area contributed by atoms with E-state index < -0.39 is 0 Å². The number of hydrogen-bond donors (Lipinski definition) is 1. The zero-order valence-corrected chi connectivity index (χ0v) is 22.6. The molecule has 3 heterocycles. The SMILES string of the molecule is CCNC(=NCC1CN2CCCC2CO1)N1CCN(Cc2cc(OC)ccc2OC)CC1.I. The van der Waals surface area contributed by atoms with E-state index in [1.54, 1.807) is 14.2 Å². The van der Waals surface area contributed by atoms with Crippen molar-refractivity contribution in [3.63, 3.8) is 0 Å². The van der Waals surface area contributed by atoms with Crippen LogP contribution in [0.3, 0.4) is 0 Å². The number of nitrogens with zero attached hydrogens (tertiary/aromatic N) is 4. The molecule has 3 fully saturated rings. The van der Waals surface area contributed by atoms with Crippen LogP contribution in [-0.4, -0.2) is 106 Å². The maximum Gasteiger partial charge on any atom is 0.194 e. The van der Waals surface area contributed by atoms with Gasteiger partial charge in [-0.25, -0.2) is 0 Å². The normalized spacial score (nSPS) is 24.2. The molecule has 2 atom stereocenters. The van der Waals surface area contributed by atoms with Gasteiger partial charge in [-0.15, -0.1) is 24.0 Å². The number of hydrogen-bond acceptors (Lipinski definition) is 6. The summed E-state index contributed by atoms with van der Waals surface area (Å²) in [5, 5.41) is 3.49. The van der Waals surface area contributed by atoms with Crippen molar-refractivity contribution in [1.29, 1.82) is 0 Å². The molecular weight excluding hydrogens is 533 g/mol. The summed E-state index contributed by atoms with van der Waals surface area (Å²) in [5.74, 6) is 2.79. The predicted molar refractivity (Wildman–Crippen MR) is 142 cm³/mol. The van der Waals surface area contributed by atoms with Crippen molar-refractivity contribution in [2.45, 2.75) is 38.5 Å². The number of methoxy groups -OCH3 is 2. The summed E-state index contributed by atoms with van der Waals surface area (Å²) in [6.45, 7) is 11.6. The lowest BCUT2D eigenvalue weighted by Gasteiger charge is -2.37. The zero-order valence-electron chi connectivity index (χ0n) is 20.3. The van der Waals surface area contributed by atoms with Crippen LogP contribution in [0.2, 0.25) is 0 Å². The Bertz CT molecular complexity index is 772. The summed E-state index contributed by atoms with van der Waals surface area (Å²) in [4.78, 5) is 12.4. The minimum Gasteiger partial charge on any atom is -0.497 e. The van der Waals surface area contributed by atoms with Gasteiger partial charge in [0.1, 0.15) is 11.5 Å². The van der Waals surface area contributed by atoms with Crippen LogP contribution in [0.5, 0.6) is 11.5 Å². The highest BCUT2D eigenvalue weighted by Gasteiger charge is 2.32. The molecule has 186 valence electrons. The van der Waals surface area contributed by atoms with Crippen molar-refractivity contribution in [1.82, 2.24) is 20.0 Å². The van der Waals surface area contributed by atoms with E-state index in [0.29, 0.717) is 6.04 Å². The molecule has 3 aliphatic rings. The summed E-state index contributed by atoms with van der Waals surface area (Å²) < 4.78 is 17.1. The zero-order chi connectivity index (χ0) is 22.3. The number of halogens is 1. The largest absolute Gasteiger partial charge is 0.497 e. The van der Waals surface area contributed by atoms with Gasteiger partial charge in [-0.05, 0) is 44.5 Å². The number of nitrogens with one attached hydrogen (secondary N) is 1. The van der Waals surface area contributed by atoms with Crippen molar-refractivity contribution in [2.75, 3.05) is 73.2 Å². The number of ether oxygens (including phenoxy) is 3. The maximum atomic E-state index is 6.11. The Labute approximate surface area is 215 Å². The molecule has 1 N–H and O–H groups in total. The number of guanidine groups is 1. The number of benzene rings is 1. The fraction of sp³-hybridized carbons (Fsp3) is 0.708. The third-order valence-corrected chi connectivity index (χ3v) is 6.79. The Balaban J connectivity index is 0.00000306. The lowest BCUT2D eigenvalue weighted by molar-refractivity contribution is -0.0433. The highest BCUT2D eigenvalue weighted by Crippen LogP contribution is 2.26. The molecule has 33 heavy (non-hydrogen) atoms. The van der Waals surface area contributed by atoms with Crippen LogP contribution in [0, 0.1) is 0 Å². The molecular formula is C24H40IN5O3. The second-order valence-corrected chi connectivity index (χ2v) is 8.88. The van der Waals surface area contributed by atoms with Crippen molar-refractivity contribution < 1.29 is 14.2 Å². The van der Waals surface area contributed by atoms with Gasteiger partial charge in [0.15, 0.2) is 5.96 Å². The Hall–Kier alpha value is -1.30. The van der Waals surface area contributed by atoms with Crippen molar-refractivity contribution in [3.05, 3.63) is 23.8 Å². The van der Waals surface area contributed by atoms with E-state index >= 15 is 0 Å². The van der Waals surface area contributed by atoms with Gasteiger partial charge in [-0.1, -0.05) is 0 Å². The van der Waals surface area contributed by atoms with E-state index in [4.69, 9.17) is 19.2 Å². The van der Waals surface area contributed by atoms with Gasteiger partial charge in [0.05, 0.1) is 33.5 Å². The Kier molecular flexibility index (Phi) is 10.3. The second kappa shape index (κ2) is 13.0. The first-order valence-electron chi connectivity index (χ1n) is 12.0. The predicted octanol–water partition coefficient (Wildman–Crippen LogP) is 2.27. The maximum absolute atomic E-state index is 6.11. The molecule has 0 aromatic heterocycles. The Morgan fingerprint density at radius 2 is 1.97 bits per heavy atom. The molecule has 9 heteroatoms. The molecule has 4 rings (SSSR count). The van der Waals surface area contributed by atoms with Gasteiger partial charge in [-0.2, -0.15) is 0 Å². The van der Waals surface area contributed by atoms with Gasteiger partial charge in [0, 0.05) is 57.4 Å². The second-order valence-electron chi connectivity index (χ2n) is 8.88. The first-order chi connectivity index (χ1) is 15.7. The fourth-order valence-electron chi connectivity index (χ4n) is 4.97. The van der Waals surface area contributed by atoms with E-state index in [-0.39, 0.29) is 30.1 Å². The lowest BCUT2D eigenvalue weighted by Crippen LogP contribution is -2.52. The van der Waals surface area contributed by atoms with Gasteiger partial charge in [0.25, 0.3) is 0 Å². The molecule has 0 amide bonds. The first kappa shape index (κ1) is 26.3. The highest BCUT2D eigenvalue weighted by molar-refractivity contribution is 14.0. The lowest BCUT2D eigenvalue weighted by atomic mass is 10.1. The number of piperazine rings is 1. The van der Waals surface area contributed by atoms with Crippen LogP contribution in [-0.2, 0) is 11.3 Å². The van der Waals surface area contributed by atoms with Crippen molar-refractivity contribution in [3.8, 4) is 11.5 Å². The van der Waals surface area contributed by atoms with Gasteiger partial charge >= 0.3 is 0 Å². The van der Waals surface area contributed by atoms with Gasteiger partial charge in [0.2, 0.25) is 0 Å². The summed E-state index contributed by atoms with van der Waals surface area (Å²) in [6, 6.07) is 6.64. The van der Waals surface area contributed by atoms with Crippen molar-refractivity contribution in [2.24, 2.45) is 4.99 Å². The number of rotatable bonds is 7. The quantitative estimate of drug-likeness (QED) is 0.305. The standard InChI is InChI=1S/C24H39N5O3.HI/c1-4-25-24(26-15-22-17-29-9-5-6-20(29)18-32-22)28-12-10-27(11-13-28)16-19-14-21(30-2)7-8-23(19)31-3;/h7-8,14,20,22H,4-6,9-13,15-18H2,1-3H3,(H,25,26);1H. The molecule has 0 spiro atoms. The summed E-state index contributed by atoms with van der Waals surface area (Å²) in [5.41, 5.74) is 1.16. The molecule has 0 bridgehead atoms. The average Bonchev–Trinajstić information content (AvgIpc) is 3.30. The minimum atomic E-state index is 0. The summed E-state index contributed by atoms with van der Waals surface area (Å²) in [6.07, 6.45) is 2.79. The monoisotopic (exact) mass is 573 g/mol. The molecule has 3 aliphatic heterocycles. The minimum absolute atomic E-state index is 0. The van der Waals surface area contributed by atoms with Crippen LogP contribution in [0.1, 0.15) is 25.3 Å².